The highest BCUT2D eigenvalue weighted by Crippen LogP contribution is 2.42. The second kappa shape index (κ2) is 11.8. The minimum Gasteiger partial charge on any atom is -0.456 e. The average molecular weight is 704 g/mol. The van der Waals surface area contributed by atoms with Crippen LogP contribution in [0, 0.1) is 22.7 Å². The SMILES string of the molecule is N#Cc1cc(-c2nc(-c3ccc4oc5ccccc5c4c3)nc(-c3ccccc3)c2C#N)ccc1-n1c2ccccc2c2ccc3c4ccccc4oc3c21. The molecule has 0 fully saturated rings. The van der Waals surface area contributed by atoms with Gasteiger partial charge in [0.05, 0.1) is 33.7 Å². The quantitative estimate of drug-likeness (QED) is 0.181. The van der Waals surface area contributed by atoms with E-state index in [9.17, 15) is 10.5 Å². The van der Waals surface area contributed by atoms with Gasteiger partial charge in [-0.2, -0.15) is 10.5 Å². The number of nitriles is 2. The summed E-state index contributed by atoms with van der Waals surface area (Å²) in [5.41, 5.74) is 9.53. The van der Waals surface area contributed by atoms with E-state index in [1.807, 2.05) is 121 Å². The standard InChI is InChI=1S/C48H25N5O2/c49-26-31-24-29(18-22-39(31)53-40-15-7-4-12-32(40)35-20-21-36-33-13-5-9-17-42(33)55-47(36)46(35)53)45-38(27-50)44(28-10-2-1-3-11-28)51-48(52-45)30-19-23-43-37(25-30)34-14-6-8-16-41(34)54-43/h1-25H. The summed E-state index contributed by atoms with van der Waals surface area (Å²) < 4.78 is 14.8. The number of furan rings is 2. The Kier molecular flexibility index (Phi) is 6.54. The van der Waals surface area contributed by atoms with E-state index in [2.05, 4.69) is 47.0 Å². The number of hydrogen-bond acceptors (Lipinski definition) is 6. The molecule has 7 aromatic carbocycles. The second-order valence-corrected chi connectivity index (χ2v) is 13.5. The summed E-state index contributed by atoms with van der Waals surface area (Å²) in [4.78, 5) is 10.1. The molecule has 55 heavy (non-hydrogen) atoms. The predicted molar refractivity (Wildman–Crippen MR) is 217 cm³/mol. The molecule has 254 valence electrons. The summed E-state index contributed by atoms with van der Waals surface area (Å²) in [6.45, 7) is 0. The van der Waals surface area contributed by atoms with Gasteiger partial charge in [-0.1, -0.05) is 97.1 Å². The fourth-order valence-corrected chi connectivity index (χ4v) is 8.02. The van der Waals surface area contributed by atoms with Gasteiger partial charge in [-0.15, -0.1) is 0 Å². The van der Waals surface area contributed by atoms with Crippen LogP contribution in [-0.2, 0) is 0 Å². The predicted octanol–water partition coefficient (Wildman–Crippen LogP) is 12.1. The first kappa shape index (κ1) is 30.6. The van der Waals surface area contributed by atoms with Crippen LogP contribution in [-0.4, -0.2) is 14.5 Å². The van der Waals surface area contributed by atoms with E-state index in [4.69, 9.17) is 18.8 Å². The average Bonchev–Trinajstić information content (AvgIpc) is 3.92. The van der Waals surface area contributed by atoms with Crippen LogP contribution >= 0.6 is 0 Å². The molecule has 0 aliphatic heterocycles. The molecule has 11 aromatic rings. The van der Waals surface area contributed by atoms with Crippen molar-refractivity contribution in [2.24, 2.45) is 0 Å². The van der Waals surface area contributed by atoms with Gasteiger partial charge in [-0.25, -0.2) is 9.97 Å². The van der Waals surface area contributed by atoms with Crippen molar-refractivity contribution in [2.75, 3.05) is 0 Å². The molecule has 0 spiro atoms. The molecule has 0 atom stereocenters. The van der Waals surface area contributed by atoms with Crippen LogP contribution in [0.15, 0.2) is 160 Å². The lowest BCUT2D eigenvalue weighted by Crippen LogP contribution is -2.02. The highest BCUT2D eigenvalue weighted by molar-refractivity contribution is 6.21. The maximum Gasteiger partial charge on any atom is 0.160 e. The minimum atomic E-state index is 0.322. The van der Waals surface area contributed by atoms with Gasteiger partial charge >= 0.3 is 0 Å². The summed E-state index contributed by atoms with van der Waals surface area (Å²) in [6, 6.07) is 54.5. The van der Waals surface area contributed by atoms with E-state index in [0.717, 1.165) is 76.8 Å². The van der Waals surface area contributed by atoms with Crippen LogP contribution in [0.3, 0.4) is 0 Å². The topological polar surface area (TPSA) is 105 Å². The molecule has 7 nitrogen and oxygen atoms in total. The number of hydrogen-bond donors (Lipinski definition) is 0. The first-order chi connectivity index (χ1) is 27.2. The summed E-state index contributed by atoms with van der Waals surface area (Å²) in [7, 11) is 0. The molecular weight excluding hydrogens is 679 g/mol. The van der Waals surface area contributed by atoms with Crippen molar-refractivity contribution < 1.29 is 8.83 Å². The Hall–Kier alpha value is -8.00. The smallest absolute Gasteiger partial charge is 0.160 e. The van der Waals surface area contributed by atoms with E-state index < -0.39 is 0 Å². The summed E-state index contributed by atoms with van der Waals surface area (Å²) in [5.74, 6) is 0.456. The number of rotatable bonds is 4. The maximum absolute atomic E-state index is 10.8. The zero-order valence-electron chi connectivity index (χ0n) is 29.0. The Morgan fingerprint density at radius 3 is 1.89 bits per heavy atom. The van der Waals surface area contributed by atoms with Crippen molar-refractivity contribution in [1.29, 1.82) is 10.5 Å². The first-order valence-electron chi connectivity index (χ1n) is 17.9. The lowest BCUT2D eigenvalue weighted by molar-refractivity contribution is 0.669. The van der Waals surface area contributed by atoms with Gasteiger partial charge in [0.25, 0.3) is 0 Å². The molecule has 11 rings (SSSR count). The molecule has 0 saturated carbocycles. The summed E-state index contributed by atoms with van der Waals surface area (Å²) in [5, 5.41) is 27.6. The monoisotopic (exact) mass is 703 g/mol. The molecule has 4 aromatic heterocycles. The van der Waals surface area contributed by atoms with E-state index in [-0.39, 0.29) is 0 Å². The van der Waals surface area contributed by atoms with Crippen LogP contribution in [0.4, 0.5) is 0 Å². The Labute approximate surface area is 313 Å². The number of nitrogens with zero attached hydrogens (tertiary/aromatic N) is 5. The van der Waals surface area contributed by atoms with Gasteiger partial charge in [0.15, 0.2) is 11.4 Å². The molecule has 0 aliphatic rings. The molecule has 0 radical (unpaired) electrons. The second-order valence-electron chi connectivity index (χ2n) is 13.5. The maximum atomic E-state index is 10.8. The molecule has 0 amide bonds. The van der Waals surface area contributed by atoms with Gasteiger partial charge in [-0.05, 0) is 54.6 Å². The fraction of sp³-hybridized carbons (Fsp3) is 0. The Morgan fingerprint density at radius 2 is 1.11 bits per heavy atom. The number of benzene rings is 7. The normalized spacial score (nSPS) is 11.6. The van der Waals surface area contributed by atoms with Crippen molar-refractivity contribution in [2.45, 2.75) is 0 Å². The van der Waals surface area contributed by atoms with Gasteiger partial charge in [0.2, 0.25) is 0 Å². The van der Waals surface area contributed by atoms with Gasteiger partial charge < -0.3 is 13.4 Å². The molecule has 0 aliphatic carbocycles. The van der Waals surface area contributed by atoms with E-state index in [0.29, 0.717) is 39.6 Å². The Morgan fingerprint density at radius 1 is 0.473 bits per heavy atom. The molecule has 0 bridgehead atoms. The summed E-state index contributed by atoms with van der Waals surface area (Å²) >= 11 is 0. The molecule has 0 saturated heterocycles. The lowest BCUT2D eigenvalue weighted by atomic mass is 9.98. The van der Waals surface area contributed by atoms with Crippen LogP contribution in [0.2, 0.25) is 0 Å². The van der Waals surface area contributed by atoms with E-state index in [1.165, 1.54) is 0 Å². The lowest BCUT2D eigenvalue weighted by Gasteiger charge is -2.14. The van der Waals surface area contributed by atoms with Gasteiger partial charge in [0.1, 0.15) is 34.5 Å². The fourth-order valence-electron chi connectivity index (χ4n) is 8.02. The molecular formula is C48H25N5O2. The minimum absolute atomic E-state index is 0.322. The first-order valence-corrected chi connectivity index (χ1v) is 17.9. The third-order valence-corrected chi connectivity index (χ3v) is 10.5. The van der Waals surface area contributed by atoms with Crippen molar-refractivity contribution in [3.05, 3.63) is 163 Å². The zero-order valence-corrected chi connectivity index (χ0v) is 29.0. The molecule has 0 unspecified atom stereocenters. The van der Waals surface area contributed by atoms with E-state index in [1.54, 1.807) is 0 Å². The van der Waals surface area contributed by atoms with Crippen molar-refractivity contribution in [3.63, 3.8) is 0 Å². The highest BCUT2D eigenvalue weighted by Gasteiger charge is 2.23. The van der Waals surface area contributed by atoms with Crippen molar-refractivity contribution in [3.8, 4) is 51.7 Å². The number of para-hydroxylation sites is 3. The van der Waals surface area contributed by atoms with Gasteiger partial charge in [-0.3, -0.25) is 0 Å². The van der Waals surface area contributed by atoms with Crippen molar-refractivity contribution in [1.82, 2.24) is 14.5 Å². The van der Waals surface area contributed by atoms with E-state index >= 15 is 0 Å². The largest absolute Gasteiger partial charge is 0.456 e. The van der Waals surface area contributed by atoms with Crippen molar-refractivity contribution >= 4 is 65.7 Å². The molecule has 4 heterocycles. The Bertz CT molecular complexity index is 3470. The third kappa shape index (κ3) is 4.54. The highest BCUT2D eigenvalue weighted by atomic mass is 16.3. The number of aromatic nitrogens is 3. The van der Waals surface area contributed by atoms with Crippen LogP contribution in [0.5, 0.6) is 0 Å². The van der Waals surface area contributed by atoms with Gasteiger partial charge in [0, 0.05) is 49.0 Å². The molecule has 7 heteroatoms. The summed E-state index contributed by atoms with van der Waals surface area (Å²) in [6.07, 6.45) is 0. The molecule has 0 N–H and O–H groups in total. The zero-order chi connectivity index (χ0) is 36.6. The third-order valence-electron chi connectivity index (χ3n) is 10.5. The van der Waals surface area contributed by atoms with Crippen LogP contribution in [0.1, 0.15) is 11.1 Å². The van der Waals surface area contributed by atoms with Crippen LogP contribution < -0.4 is 0 Å². The van der Waals surface area contributed by atoms with Crippen LogP contribution in [0.25, 0.3) is 105 Å². The Balaban J connectivity index is 1.16. The number of fused-ring (bicyclic) bond motifs is 10.